The molecule has 164 valence electrons. The molecule has 0 heterocycles. The van der Waals surface area contributed by atoms with E-state index in [2.05, 4.69) is 13.8 Å². The molecule has 0 radical (unpaired) electrons. The third kappa shape index (κ3) is 7.59. The van der Waals surface area contributed by atoms with Crippen molar-refractivity contribution in [3.63, 3.8) is 0 Å². The van der Waals surface area contributed by atoms with Crippen molar-refractivity contribution in [2.75, 3.05) is 7.11 Å². The molecule has 0 aromatic heterocycles. The van der Waals surface area contributed by atoms with Crippen LogP contribution in [0.1, 0.15) is 26.7 Å². The van der Waals surface area contributed by atoms with E-state index in [1.807, 2.05) is 26.2 Å². The molecule has 8 nitrogen and oxygen atoms in total. The van der Waals surface area contributed by atoms with Gasteiger partial charge in [-0.3, -0.25) is 0 Å². The fourth-order valence-corrected chi connectivity index (χ4v) is 100. The molecule has 0 spiro atoms. The summed E-state index contributed by atoms with van der Waals surface area (Å²) in [6.07, 6.45) is 2.64. The lowest BCUT2D eigenvalue weighted by Gasteiger charge is -2.51. The molecular weight excluding hydrogens is 501 g/mol. The van der Waals surface area contributed by atoms with E-state index in [1.54, 1.807) is 13.7 Å². The van der Waals surface area contributed by atoms with Gasteiger partial charge in [0.15, 0.2) is 18.6 Å². The normalized spacial score (nSPS) is 18.2. The first-order valence-electron chi connectivity index (χ1n) is 9.15. The van der Waals surface area contributed by atoms with Gasteiger partial charge in [0.1, 0.15) is 10.5 Å². The molecule has 0 aliphatic rings. The van der Waals surface area contributed by atoms with Crippen LogP contribution < -0.4 is 0 Å². The third-order valence-corrected chi connectivity index (χ3v) is 80.4. The fraction of sp³-hybridized carbons (Fsp3) is 1.00. The third-order valence-electron chi connectivity index (χ3n) is 4.82. The van der Waals surface area contributed by atoms with Crippen LogP contribution in [0.15, 0.2) is 0 Å². The summed E-state index contributed by atoms with van der Waals surface area (Å²) in [7, 11) is -13.9. The maximum absolute atomic E-state index is 12.2. The lowest BCUT2D eigenvalue weighted by molar-refractivity contribution is 0.353. The van der Waals surface area contributed by atoms with Gasteiger partial charge in [0.25, 0.3) is 25.1 Å². The zero-order valence-electron chi connectivity index (χ0n) is 18.4. The van der Waals surface area contributed by atoms with Gasteiger partial charge >= 0.3 is 7.60 Å². The van der Waals surface area contributed by atoms with E-state index in [0.29, 0.717) is 10.5 Å². The SMILES string of the molecule is CCCC.CO[Si](C)(C)[Si](O[SiH2]O)(O[Si](C)(C)[Si](C)=O)[Si](O[SiH3])([SiH2]O)[SiH2]O. The first kappa shape index (κ1) is 30.7. The van der Waals surface area contributed by atoms with Gasteiger partial charge in [-0.05, 0) is 32.7 Å². The Labute approximate surface area is 179 Å². The molecule has 0 bridgehead atoms. The molecule has 0 aromatic rings. The van der Waals surface area contributed by atoms with E-state index in [0.717, 1.165) is 0 Å². The van der Waals surface area contributed by atoms with Crippen molar-refractivity contribution < 1.29 is 35.6 Å². The van der Waals surface area contributed by atoms with Crippen molar-refractivity contribution in [1.29, 1.82) is 0 Å². The van der Waals surface area contributed by atoms with E-state index in [9.17, 15) is 18.8 Å². The molecule has 0 aliphatic carbocycles. The maximum atomic E-state index is 12.2. The highest BCUT2D eigenvalue weighted by Gasteiger charge is 2.72. The Bertz CT molecular complexity index is 427. The summed E-state index contributed by atoms with van der Waals surface area (Å²) >= 11 is 0. The van der Waals surface area contributed by atoms with Crippen molar-refractivity contribution in [2.45, 2.75) is 59.4 Å². The van der Waals surface area contributed by atoms with Crippen LogP contribution in [0, 0.1) is 0 Å². The second-order valence-corrected chi connectivity index (χ2v) is 56.1. The van der Waals surface area contributed by atoms with Crippen LogP contribution >= 0.6 is 0 Å². The average Bonchev–Trinajstić information content (AvgIpc) is 2.63. The summed E-state index contributed by atoms with van der Waals surface area (Å²) in [5.41, 5.74) is 0. The Hall–Kier alpha value is 1.47. The van der Waals surface area contributed by atoms with Gasteiger partial charge in [0.2, 0.25) is 15.7 Å². The average molecular weight is 541 g/mol. The van der Waals surface area contributed by atoms with E-state index < -0.39 is 66.9 Å². The smallest absolute Gasteiger partial charge is 0.339 e. The zero-order valence-corrected chi connectivity index (χ0v) is 29.7. The molecule has 0 amide bonds. The van der Waals surface area contributed by atoms with Crippen molar-refractivity contribution in [1.82, 2.24) is 0 Å². The van der Waals surface area contributed by atoms with Crippen LogP contribution in [0.3, 0.4) is 0 Å². The van der Waals surface area contributed by atoms with E-state index in [1.165, 1.54) is 12.8 Å². The van der Waals surface area contributed by atoms with Crippen LogP contribution in [0.25, 0.3) is 0 Å². The Kier molecular flexibility index (Phi) is 15.6. The monoisotopic (exact) mass is 540 g/mol. The second kappa shape index (κ2) is 13.7. The van der Waals surface area contributed by atoms with Gasteiger partial charge in [0.05, 0.1) is 0 Å². The summed E-state index contributed by atoms with van der Waals surface area (Å²) in [4.78, 5) is 30.1. The van der Waals surface area contributed by atoms with Crippen LogP contribution in [-0.4, -0.2) is 98.9 Å². The molecule has 1 atom stereocenters. The summed E-state index contributed by atoms with van der Waals surface area (Å²) in [6.45, 7) is 10.7. The highest BCUT2D eigenvalue weighted by Crippen LogP contribution is 2.33. The Morgan fingerprint density at radius 1 is 1.04 bits per heavy atom. The topological polar surface area (TPSA) is 115 Å². The molecule has 0 saturated carbocycles. The summed E-state index contributed by atoms with van der Waals surface area (Å²) in [5, 5.41) is 0. The molecule has 0 aromatic carbocycles. The van der Waals surface area contributed by atoms with E-state index in [4.69, 9.17) is 16.8 Å². The predicted molar refractivity (Wildman–Crippen MR) is 132 cm³/mol. The molecule has 0 saturated heterocycles. The molecule has 27 heavy (non-hydrogen) atoms. The second-order valence-electron chi connectivity index (χ2n) is 7.29. The van der Waals surface area contributed by atoms with Crippen LogP contribution in [0.2, 0.25) is 32.7 Å². The van der Waals surface area contributed by atoms with E-state index >= 15 is 0 Å². The highest BCUT2D eigenvalue weighted by atomic mass is 30.0. The fourth-order valence-electron chi connectivity index (χ4n) is 2.28. The molecule has 17 heteroatoms. The molecule has 3 N–H and O–H groups in total. The summed E-state index contributed by atoms with van der Waals surface area (Å²) in [5.74, 6) is 0. The summed E-state index contributed by atoms with van der Waals surface area (Å²) < 4.78 is 36.4. The standard InChI is InChI=1S/C6H30O8Si9.C4H10/c1-11-21(5,6)22(13-16-7,14-20(3,4)19(2)10)23(12-15,17-8)18-9;1-3-4-2/h7-9H,16-18H2,1-6,15H3;3-4H2,1-2H3. The van der Waals surface area contributed by atoms with Gasteiger partial charge in [-0.1, -0.05) is 26.7 Å². The minimum absolute atomic E-state index is 0.359. The van der Waals surface area contributed by atoms with Crippen molar-refractivity contribution in [3.8, 4) is 0 Å². The summed E-state index contributed by atoms with van der Waals surface area (Å²) in [6, 6.07) is 0. The van der Waals surface area contributed by atoms with Gasteiger partial charge in [-0.15, -0.1) is 0 Å². The number of unbranched alkanes of at least 4 members (excludes halogenated alkanes) is 1. The number of hydrogen-bond donors (Lipinski definition) is 3. The molecule has 1 unspecified atom stereocenters. The van der Waals surface area contributed by atoms with Crippen molar-refractivity contribution in [3.05, 3.63) is 0 Å². The molecule has 0 aliphatic heterocycles. The predicted octanol–water partition coefficient (Wildman–Crippen LogP) is -3.01. The molecule has 0 fully saturated rings. The van der Waals surface area contributed by atoms with Gasteiger partial charge in [0, 0.05) is 7.11 Å². The van der Waals surface area contributed by atoms with Crippen molar-refractivity contribution in [2.24, 2.45) is 0 Å². The maximum Gasteiger partial charge on any atom is 0.339 e. The van der Waals surface area contributed by atoms with Crippen molar-refractivity contribution >= 4 is 77.4 Å². The Morgan fingerprint density at radius 2 is 1.48 bits per heavy atom. The quantitative estimate of drug-likeness (QED) is 0.224. The van der Waals surface area contributed by atoms with E-state index in [-0.39, 0.29) is 0 Å². The number of rotatable bonds is 12. The lowest BCUT2D eigenvalue weighted by atomic mass is 10.4. The van der Waals surface area contributed by atoms with Gasteiger partial charge in [-0.2, -0.15) is 0 Å². The number of hydrogen-bond acceptors (Lipinski definition) is 8. The first-order chi connectivity index (χ1) is 12.4. The van der Waals surface area contributed by atoms with Gasteiger partial charge < -0.3 is 35.6 Å². The zero-order chi connectivity index (χ0) is 21.9. The van der Waals surface area contributed by atoms with Crippen LogP contribution in [0.4, 0.5) is 0 Å². The Morgan fingerprint density at radius 3 is 1.70 bits per heavy atom. The molecule has 0 rings (SSSR count). The largest absolute Gasteiger partial charge is 0.463 e. The first-order valence-corrected chi connectivity index (χ1v) is 31.5. The highest BCUT2D eigenvalue weighted by molar-refractivity contribution is 7.85. The Balaban J connectivity index is 0. The lowest BCUT2D eigenvalue weighted by Crippen LogP contribution is -2.87. The minimum atomic E-state index is -3.31. The van der Waals surface area contributed by atoms with Crippen LogP contribution in [-0.2, 0) is 21.2 Å². The molecular formula is C10H40O8Si9. The van der Waals surface area contributed by atoms with Crippen LogP contribution in [0.5, 0.6) is 0 Å². The minimum Gasteiger partial charge on any atom is -0.463 e. The van der Waals surface area contributed by atoms with Gasteiger partial charge in [-0.25, -0.2) is 0 Å².